The minimum absolute atomic E-state index is 0.285. The normalized spacial score (nSPS) is 11.5. The van der Waals surface area contributed by atoms with Gasteiger partial charge in [-0.3, -0.25) is 0 Å². The zero-order valence-corrected chi connectivity index (χ0v) is 10.7. The van der Waals surface area contributed by atoms with Gasteiger partial charge >= 0.3 is 12.1 Å². The molecule has 110 valence electrons. The summed E-state index contributed by atoms with van der Waals surface area (Å²) in [6.45, 7) is 0. The summed E-state index contributed by atoms with van der Waals surface area (Å²) in [5.41, 5.74) is -2.48. The summed E-state index contributed by atoms with van der Waals surface area (Å²) in [4.78, 5) is 17.9. The van der Waals surface area contributed by atoms with Gasteiger partial charge in [0.1, 0.15) is 5.82 Å². The van der Waals surface area contributed by atoms with Gasteiger partial charge in [0.25, 0.3) is 0 Å². The van der Waals surface area contributed by atoms with Crippen LogP contribution in [-0.2, 0) is 6.18 Å². The first-order valence-electron chi connectivity index (χ1n) is 5.33. The monoisotopic (exact) mass is 320 g/mol. The minimum Gasteiger partial charge on any atom is -0.476 e. The molecule has 2 rings (SSSR count). The van der Waals surface area contributed by atoms with Crippen LogP contribution in [0.2, 0.25) is 5.02 Å². The molecule has 1 heterocycles. The second kappa shape index (κ2) is 5.28. The van der Waals surface area contributed by atoms with Crippen molar-refractivity contribution < 1.29 is 27.5 Å². The smallest absolute Gasteiger partial charge is 0.417 e. The van der Waals surface area contributed by atoms with E-state index < -0.39 is 40.6 Å². The first-order valence-corrected chi connectivity index (χ1v) is 5.71. The van der Waals surface area contributed by atoms with Gasteiger partial charge in [0.2, 0.25) is 0 Å². The highest BCUT2D eigenvalue weighted by Gasteiger charge is 2.35. The lowest BCUT2D eigenvalue weighted by Crippen LogP contribution is -2.10. The number of carboxylic acids is 1. The fraction of sp³-hybridized carbons (Fsp3) is 0.0833. The molecule has 1 N–H and O–H groups in total. The Morgan fingerprint density at radius 1 is 1.29 bits per heavy atom. The topological polar surface area (TPSA) is 63.1 Å². The predicted molar refractivity (Wildman–Crippen MR) is 64.4 cm³/mol. The van der Waals surface area contributed by atoms with E-state index >= 15 is 0 Å². The molecule has 0 aliphatic carbocycles. The maximum absolute atomic E-state index is 13.0. The Kier molecular flexibility index (Phi) is 3.82. The summed E-state index contributed by atoms with van der Waals surface area (Å²) in [7, 11) is 0. The van der Waals surface area contributed by atoms with Crippen LogP contribution in [0.3, 0.4) is 0 Å². The van der Waals surface area contributed by atoms with E-state index in [2.05, 4.69) is 9.97 Å². The van der Waals surface area contributed by atoms with E-state index in [1.165, 1.54) is 0 Å². The molecule has 9 heteroatoms. The van der Waals surface area contributed by atoms with Gasteiger partial charge in [-0.25, -0.2) is 19.2 Å². The van der Waals surface area contributed by atoms with Crippen molar-refractivity contribution in [3.05, 3.63) is 46.5 Å². The maximum Gasteiger partial charge on any atom is 0.417 e. The standard InChI is InChI=1S/C12H5ClF4N2O2/c13-8-4-18-10(19-9(8)11(20)21)6-2-1-5(14)3-7(6)12(15,16)17/h1-4H,(H,20,21). The lowest BCUT2D eigenvalue weighted by molar-refractivity contribution is -0.137. The number of rotatable bonds is 2. The van der Waals surface area contributed by atoms with Gasteiger partial charge < -0.3 is 5.11 Å². The Balaban J connectivity index is 2.68. The number of alkyl halides is 3. The third-order valence-electron chi connectivity index (χ3n) is 2.47. The van der Waals surface area contributed by atoms with Crippen LogP contribution in [0.25, 0.3) is 11.4 Å². The number of hydrogen-bond donors (Lipinski definition) is 1. The summed E-state index contributed by atoms with van der Waals surface area (Å²) in [6.07, 6.45) is -3.97. The Bertz CT molecular complexity index is 719. The summed E-state index contributed by atoms with van der Waals surface area (Å²) in [6, 6.07) is 1.91. The second-order valence-electron chi connectivity index (χ2n) is 3.88. The molecule has 1 aromatic heterocycles. The van der Waals surface area contributed by atoms with E-state index in [4.69, 9.17) is 16.7 Å². The molecule has 0 aliphatic heterocycles. The highest BCUT2D eigenvalue weighted by Crippen LogP contribution is 2.36. The molecule has 0 amide bonds. The van der Waals surface area contributed by atoms with Crippen molar-refractivity contribution in [3.63, 3.8) is 0 Å². The largest absolute Gasteiger partial charge is 0.476 e. The van der Waals surface area contributed by atoms with Gasteiger partial charge in [0.15, 0.2) is 11.5 Å². The lowest BCUT2D eigenvalue weighted by atomic mass is 10.1. The van der Waals surface area contributed by atoms with Crippen molar-refractivity contribution in [2.75, 3.05) is 0 Å². The second-order valence-corrected chi connectivity index (χ2v) is 4.29. The molecule has 0 atom stereocenters. The molecule has 21 heavy (non-hydrogen) atoms. The molecule has 1 aromatic carbocycles. The molecule has 0 radical (unpaired) electrons. The number of nitrogens with zero attached hydrogens (tertiary/aromatic N) is 2. The number of aromatic nitrogens is 2. The summed E-state index contributed by atoms with van der Waals surface area (Å²) in [5.74, 6) is -3.11. The van der Waals surface area contributed by atoms with E-state index in [1.54, 1.807) is 0 Å². The molecule has 0 saturated carbocycles. The molecule has 0 spiro atoms. The average Bonchev–Trinajstić information content (AvgIpc) is 2.38. The fourth-order valence-corrected chi connectivity index (χ4v) is 1.76. The van der Waals surface area contributed by atoms with Crippen LogP contribution in [0.15, 0.2) is 24.4 Å². The number of hydrogen-bond acceptors (Lipinski definition) is 3. The van der Waals surface area contributed by atoms with Crippen molar-refractivity contribution in [1.82, 2.24) is 9.97 Å². The van der Waals surface area contributed by atoms with Gasteiger partial charge in [-0.05, 0) is 18.2 Å². The fourth-order valence-electron chi connectivity index (χ4n) is 1.59. The van der Waals surface area contributed by atoms with Crippen LogP contribution >= 0.6 is 11.6 Å². The van der Waals surface area contributed by atoms with Gasteiger partial charge in [0, 0.05) is 5.56 Å². The van der Waals surface area contributed by atoms with Gasteiger partial charge in [-0.1, -0.05) is 11.6 Å². The van der Waals surface area contributed by atoms with Crippen molar-refractivity contribution in [2.45, 2.75) is 6.18 Å². The highest BCUT2D eigenvalue weighted by molar-refractivity contribution is 6.33. The Morgan fingerprint density at radius 2 is 1.95 bits per heavy atom. The average molecular weight is 321 g/mol. The number of carboxylic acid groups (broad SMARTS) is 1. The van der Waals surface area contributed by atoms with Crippen LogP contribution in [-0.4, -0.2) is 21.0 Å². The van der Waals surface area contributed by atoms with E-state index in [1.807, 2.05) is 0 Å². The SMILES string of the molecule is O=C(O)c1nc(-c2ccc(F)cc2C(F)(F)F)ncc1Cl. The van der Waals surface area contributed by atoms with E-state index in [0.29, 0.717) is 0 Å². The van der Waals surface area contributed by atoms with Crippen LogP contribution in [0.5, 0.6) is 0 Å². The summed E-state index contributed by atoms with van der Waals surface area (Å²) in [5, 5.41) is 8.54. The summed E-state index contributed by atoms with van der Waals surface area (Å²) >= 11 is 5.55. The molecule has 2 aromatic rings. The first-order chi connectivity index (χ1) is 9.70. The van der Waals surface area contributed by atoms with E-state index in [0.717, 1.165) is 18.3 Å². The number of halogens is 5. The first kappa shape index (κ1) is 15.2. The van der Waals surface area contributed by atoms with Crippen molar-refractivity contribution in [2.24, 2.45) is 0 Å². The molecule has 0 bridgehead atoms. The van der Waals surface area contributed by atoms with Crippen LogP contribution in [0.4, 0.5) is 17.6 Å². The third kappa shape index (κ3) is 3.10. The number of carbonyl (C=O) groups is 1. The molecular weight excluding hydrogens is 316 g/mol. The molecular formula is C12H5ClF4N2O2. The van der Waals surface area contributed by atoms with Gasteiger partial charge in [-0.15, -0.1) is 0 Å². The highest BCUT2D eigenvalue weighted by atomic mass is 35.5. The van der Waals surface area contributed by atoms with E-state index in [9.17, 15) is 22.4 Å². The molecule has 0 fully saturated rings. The van der Waals surface area contributed by atoms with Crippen molar-refractivity contribution >= 4 is 17.6 Å². The van der Waals surface area contributed by atoms with Crippen LogP contribution in [0, 0.1) is 5.82 Å². The van der Waals surface area contributed by atoms with Gasteiger partial charge in [0.05, 0.1) is 16.8 Å². The van der Waals surface area contributed by atoms with Gasteiger partial charge in [-0.2, -0.15) is 13.2 Å². The quantitative estimate of drug-likeness (QED) is 0.858. The Morgan fingerprint density at radius 3 is 2.52 bits per heavy atom. The third-order valence-corrected chi connectivity index (χ3v) is 2.75. The molecule has 0 aliphatic rings. The predicted octanol–water partition coefficient (Wildman–Crippen LogP) is 3.65. The van der Waals surface area contributed by atoms with Crippen LogP contribution in [0.1, 0.15) is 16.1 Å². The zero-order chi connectivity index (χ0) is 15.8. The zero-order valence-electron chi connectivity index (χ0n) is 9.95. The Hall–Kier alpha value is -2.22. The molecule has 4 nitrogen and oxygen atoms in total. The van der Waals surface area contributed by atoms with E-state index in [-0.39, 0.29) is 11.1 Å². The molecule has 0 unspecified atom stereocenters. The minimum atomic E-state index is -4.84. The number of aromatic carboxylic acids is 1. The lowest BCUT2D eigenvalue weighted by Gasteiger charge is -2.12. The number of benzene rings is 1. The van der Waals surface area contributed by atoms with Crippen LogP contribution < -0.4 is 0 Å². The summed E-state index contributed by atoms with van der Waals surface area (Å²) < 4.78 is 51.7. The van der Waals surface area contributed by atoms with Crippen molar-refractivity contribution in [3.8, 4) is 11.4 Å². The van der Waals surface area contributed by atoms with Crippen molar-refractivity contribution in [1.29, 1.82) is 0 Å². The maximum atomic E-state index is 13.0. The Labute approximate surface area is 120 Å². The molecule has 0 saturated heterocycles.